The van der Waals surface area contributed by atoms with E-state index < -0.39 is 21.1 Å². The van der Waals surface area contributed by atoms with Crippen LogP contribution in [-0.4, -0.2) is 43.8 Å². The number of ether oxygens (including phenoxy) is 2. The SMILES string of the molecule is COCCOc1ccc(S(=O)O)cc1NS(C)(=O)=O. The third-order valence-electron chi connectivity index (χ3n) is 1.99. The van der Waals surface area contributed by atoms with Crippen LogP contribution in [0.1, 0.15) is 0 Å². The normalized spacial score (nSPS) is 13.0. The summed E-state index contributed by atoms with van der Waals surface area (Å²) in [5.74, 6) is 0.261. The maximum Gasteiger partial charge on any atom is 0.229 e. The second kappa shape index (κ2) is 6.85. The van der Waals surface area contributed by atoms with Gasteiger partial charge in [-0.25, -0.2) is 12.6 Å². The Balaban J connectivity index is 3.04. The zero-order valence-electron chi connectivity index (χ0n) is 10.5. The first kappa shape index (κ1) is 15.9. The fourth-order valence-corrected chi connectivity index (χ4v) is 2.22. The summed E-state index contributed by atoms with van der Waals surface area (Å²) in [5, 5.41) is 0. The molecule has 0 heterocycles. The molecule has 0 saturated carbocycles. The van der Waals surface area contributed by atoms with Gasteiger partial charge in [-0.05, 0) is 18.2 Å². The van der Waals surface area contributed by atoms with Crippen LogP contribution in [0.15, 0.2) is 23.1 Å². The van der Waals surface area contributed by atoms with Crippen LogP contribution < -0.4 is 9.46 Å². The van der Waals surface area contributed by atoms with Crippen LogP contribution in [0, 0.1) is 0 Å². The predicted octanol–water partition coefficient (Wildman–Crippen LogP) is 0.664. The van der Waals surface area contributed by atoms with Crippen LogP contribution in [0.25, 0.3) is 0 Å². The molecule has 0 aliphatic heterocycles. The molecule has 0 amide bonds. The highest BCUT2D eigenvalue weighted by Gasteiger charge is 2.12. The van der Waals surface area contributed by atoms with Gasteiger partial charge in [0.1, 0.15) is 12.4 Å². The predicted molar refractivity (Wildman–Crippen MR) is 71.3 cm³/mol. The molecule has 0 spiro atoms. The smallest absolute Gasteiger partial charge is 0.229 e. The molecule has 1 unspecified atom stereocenters. The lowest BCUT2D eigenvalue weighted by Gasteiger charge is -2.12. The second-order valence-corrected chi connectivity index (χ2v) is 6.34. The van der Waals surface area contributed by atoms with Crippen molar-refractivity contribution in [3.05, 3.63) is 18.2 Å². The number of anilines is 1. The van der Waals surface area contributed by atoms with Gasteiger partial charge in [-0.3, -0.25) is 4.72 Å². The molecular weight excluding hydrogens is 294 g/mol. The standard InChI is InChI=1S/C10H15NO6S2/c1-16-5-6-17-10-4-3-8(18(12)13)7-9(10)11-19(2,14)15/h3-4,7,11H,5-6H2,1-2H3,(H,12,13). The molecule has 2 N–H and O–H groups in total. The van der Waals surface area contributed by atoms with Crippen molar-refractivity contribution in [1.29, 1.82) is 0 Å². The lowest BCUT2D eigenvalue weighted by molar-refractivity contribution is 0.146. The molecule has 0 radical (unpaired) electrons. The Morgan fingerprint density at radius 3 is 2.58 bits per heavy atom. The minimum Gasteiger partial charge on any atom is -0.489 e. The Hall–Kier alpha value is -1.16. The van der Waals surface area contributed by atoms with Gasteiger partial charge in [0, 0.05) is 7.11 Å². The maximum atomic E-state index is 11.2. The van der Waals surface area contributed by atoms with Crippen LogP contribution in [0.2, 0.25) is 0 Å². The van der Waals surface area contributed by atoms with Gasteiger partial charge in [-0.1, -0.05) is 0 Å². The number of rotatable bonds is 7. The van der Waals surface area contributed by atoms with E-state index in [1.54, 1.807) is 0 Å². The Bertz CT molecular complexity index is 557. The fourth-order valence-electron chi connectivity index (χ4n) is 1.26. The highest BCUT2D eigenvalue weighted by atomic mass is 32.2. The zero-order chi connectivity index (χ0) is 14.5. The number of hydrogen-bond acceptors (Lipinski definition) is 5. The van der Waals surface area contributed by atoms with Crippen molar-refractivity contribution in [1.82, 2.24) is 0 Å². The average Bonchev–Trinajstić information content (AvgIpc) is 2.29. The van der Waals surface area contributed by atoms with Crippen LogP contribution in [-0.2, 0) is 25.8 Å². The Kier molecular flexibility index (Phi) is 5.73. The van der Waals surface area contributed by atoms with E-state index in [0.29, 0.717) is 6.61 Å². The molecule has 0 aliphatic rings. The quantitative estimate of drug-likeness (QED) is 0.567. The third kappa shape index (κ3) is 5.55. The molecule has 0 bridgehead atoms. The van der Waals surface area contributed by atoms with Gasteiger partial charge in [0.05, 0.1) is 23.4 Å². The summed E-state index contributed by atoms with van der Waals surface area (Å²) in [7, 11) is -2.00. The maximum absolute atomic E-state index is 11.2. The highest BCUT2D eigenvalue weighted by Crippen LogP contribution is 2.27. The van der Waals surface area contributed by atoms with Crippen molar-refractivity contribution < 1.29 is 26.7 Å². The van der Waals surface area contributed by atoms with Crippen molar-refractivity contribution in [2.24, 2.45) is 0 Å². The minimum absolute atomic E-state index is 0.0743. The Labute approximate surface area is 114 Å². The van der Waals surface area contributed by atoms with Crippen LogP contribution in [0.3, 0.4) is 0 Å². The van der Waals surface area contributed by atoms with Gasteiger partial charge in [0.25, 0.3) is 0 Å². The molecule has 1 atom stereocenters. The highest BCUT2D eigenvalue weighted by molar-refractivity contribution is 7.92. The molecule has 1 aromatic rings. The van der Waals surface area contributed by atoms with Gasteiger partial charge in [-0.2, -0.15) is 0 Å². The van der Waals surface area contributed by atoms with E-state index in [0.717, 1.165) is 6.26 Å². The summed E-state index contributed by atoms with van der Waals surface area (Å²) < 4.78 is 54.8. The molecule has 0 saturated heterocycles. The summed E-state index contributed by atoms with van der Waals surface area (Å²) >= 11 is -2.20. The Morgan fingerprint density at radius 1 is 1.37 bits per heavy atom. The number of sulfonamides is 1. The van der Waals surface area contributed by atoms with E-state index in [-0.39, 0.29) is 22.9 Å². The van der Waals surface area contributed by atoms with Gasteiger partial charge < -0.3 is 14.0 Å². The Morgan fingerprint density at radius 2 is 2.05 bits per heavy atom. The minimum atomic E-state index is -3.51. The number of benzene rings is 1. The van der Waals surface area contributed by atoms with E-state index in [2.05, 4.69) is 4.72 Å². The van der Waals surface area contributed by atoms with E-state index in [4.69, 9.17) is 14.0 Å². The van der Waals surface area contributed by atoms with Crippen LogP contribution in [0.4, 0.5) is 5.69 Å². The first-order chi connectivity index (χ1) is 8.83. The monoisotopic (exact) mass is 309 g/mol. The first-order valence-electron chi connectivity index (χ1n) is 5.18. The number of nitrogens with one attached hydrogen (secondary N) is 1. The van der Waals surface area contributed by atoms with Crippen molar-refractivity contribution in [2.45, 2.75) is 4.90 Å². The van der Waals surface area contributed by atoms with Gasteiger partial charge in [-0.15, -0.1) is 0 Å². The molecule has 1 aromatic carbocycles. The molecule has 108 valence electrons. The summed E-state index contributed by atoms with van der Waals surface area (Å²) in [6.45, 7) is 0.572. The topological polar surface area (TPSA) is 102 Å². The van der Waals surface area contributed by atoms with Gasteiger partial charge in [0.15, 0.2) is 11.1 Å². The summed E-state index contributed by atoms with van der Waals surface area (Å²) in [6.07, 6.45) is 0.981. The third-order valence-corrected chi connectivity index (χ3v) is 3.24. The molecule has 7 nitrogen and oxygen atoms in total. The zero-order valence-corrected chi connectivity index (χ0v) is 12.1. The largest absolute Gasteiger partial charge is 0.489 e. The van der Waals surface area contributed by atoms with E-state index in [1.165, 1.54) is 25.3 Å². The number of hydrogen-bond donors (Lipinski definition) is 2. The summed E-state index contributed by atoms with van der Waals surface area (Å²) in [4.78, 5) is 0.0743. The van der Waals surface area contributed by atoms with E-state index in [9.17, 15) is 12.6 Å². The van der Waals surface area contributed by atoms with Crippen LogP contribution in [0.5, 0.6) is 5.75 Å². The average molecular weight is 309 g/mol. The first-order valence-corrected chi connectivity index (χ1v) is 8.17. The van der Waals surface area contributed by atoms with Crippen molar-refractivity contribution in [3.8, 4) is 5.75 Å². The van der Waals surface area contributed by atoms with Crippen molar-refractivity contribution >= 4 is 26.8 Å². The van der Waals surface area contributed by atoms with Crippen molar-refractivity contribution in [3.63, 3.8) is 0 Å². The van der Waals surface area contributed by atoms with E-state index >= 15 is 0 Å². The van der Waals surface area contributed by atoms with Gasteiger partial charge in [0.2, 0.25) is 10.0 Å². The molecular formula is C10H15NO6S2. The van der Waals surface area contributed by atoms with E-state index in [1.807, 2.05) is 0 Å². The molecule has 19 heavy (non-hydrogen) atoms. The number of methoxy groups -OCH3 is 1. The molecule has 0 fully saturated rings. The van der Waals surface area contributed by atoms with Gasteiger partial charge >= 0.3 is 0 Å². The molecule has 1 rings (SSSR count). The summed E-state index contributed by atoms with van der Waals surface area (Å²) in [5.41, 5.74) is 0.110. The lowest BCUT2D eigenvalue weighted by atomic mass is 10.3. The second-order valence-electron chi connectivity index (χ2n) is 3.62. The lowest BCUT2D eigenvalue weighted by Crippen LogP contribution is -2.12. The van der Waals surface area contributed by atoms with Crippen molar-refractivity contribution in [2.75, 3.05) is 31.3 Å². The molecule has 0 aliphatic carbocycles. The molecule has 0 aromatic heterocycles. The molecule has 9 heteroatoms. The summed E-state index contributed by atoms with van der Waals surface area (Å²) in [6, 6.07) is 4.05. The van der Waals surface area contributed by atoms with Crippen LogP contribution >= 0.6 is 0 Å². The fraction of sp³-hybridized carbons (Fsp3) is 0.400.